The lowest BCUT2D eigenvalue weighted by atomic mass is 10.1. The quantitative estimate of drug-likeness (QED) is 0.651. The molecule has 1 aliphatic heterocycles. The first-order valence-corrected chi connectivity index (χ1v) is 7.11. The molecule has 1 aromatic carbocycles. The van der Waals surface area contributed by atoms with Gasteiger partial charge in [0.15, 0.2) is 0 Å². The zero-order valence-electron chi connectivity index (χ0n) is 11.8. The Morgan fingerprint density at radius 3 is 3.05 bits per heavy atom. The number of anilines is 1. The highest BCUT2D eigenvalue weighted by Crippen LogP contribution is 2.36. The minimum absolute atomic E-state index is 0.101. The van der Waals surface area contributed by atoms with E-state index < -0.39 is 0 Å². The van der Waals surface area contributed by atoms with Gasteiger partial charge in [0.25, 0.3) is 0 Å². The predicted octanol–water partition coefficient (Wildman–Crippen LogP) is 1.74. The van der Waals surface area contributed by atoms with Gasteiger partial charge in [0, 0.05) is 18.2 Å². The lowest BCUT2D eigenvalue weighted by Crippen LogP contribution is -2.49. The molecule has 2 unspecified atom stereocenters. The molecule has 108 valence electrons. The molecule has 0 radical (unpaired) electrons. The molecule has 1 saturated heterocycles. The topological polar surface area (TPSA) is 71.6 Å². The van der Waals surface area contributed by atoms with E-state index in [4.69, 9.17) is 20.6 Å². The number of nitrogen functional groups attached to an aromatic ring is 1. The normalized spacial score (nSPS) is 25.4. The number of methoxy groups -OCH3 is 1. The monoisotopic (exact) mass is 275 g/mol. The SMILES string of the molecule is COc1ccc(C(=N)N)c(N2CCOC3CCCC32)c1. The van der Waals surface area contributed by atoms with Gasteiger partial charge in [-0.15, -0.1) is 0 Å². The van der Waals surface area contributed by atoms with Crippen LogP contribution in [0.4, 0.5) is 5.69 Å². The first-order chi connectivity index (χ1) is 9.70. The van der Waals surface area contributed by atoms with Crippen LogP contribution in [0.5, 0.6) is 5.75 Å². The predicted molar refractivity (Wildman–Crippen MR) is 78.7 cm³/mol. The Bertz CT molecular complexity index is 518. The summed E-state index contributed by atoms with van der Waals surface area (Å²) in [5, 5.41) is 7.79. The minimum Gasteiger partial charge on any atom is -0.497 e. The van der Waals surface area contributed by atoms with Gasteiger partial charge in [-0.25, -0.2) is 0 Å². The second kappa shape index (κ2) is 5.32. The van der Waals surface area contributed by atoms with Gasteiger partial charge in [-0.05, 0) is 31.4 Å². The molecule has 20 heavy (non-hydrogen) atoms. The van der Waals surface area contributed by atoms with Crippen LogP contribution in [0, 0.1) is 5.41 Å². The van der Waals surface area contributed by atoms with Gasteiger partial charge in [-0.1, -0.05) is 0 Å². The van der Waals surface area contributed by atoms with Crippen molar-refractivity contribution in [3.63, 3.8) is 0 Å². The van der Waals surface area contributed by atoms with Gasteiger partial charge < -0.3 is 20.1 Å². The van der Waals surface area contributed by atoms with Crippen molar-refractivity contribution < 1.29 is 9.47 Å². The summed E-state index contributed by atoms with van der Waals surface area (Å²) in [5.74, 6) is 0.898. The smallest absolute Gasteiger partial charge is 0.124 e. The molecule has 1 aromatic rings. The minimum atomic E-state index is 0.101. The van der Waals surface area contributed by atoms with E-state index in [0.29, 0.717) is 12.1 Å². The molecule has 0 aromatic heterocycles. The average molecular weight is 275 g/mol. The molecule has 2 atom stereocenters. The molecule has 0 spiro atoms. The number of nitrogens with two attached hydrogens (primary N) is 1. The summed E-state index contributed by atoms with van der Waals surface area (Å²) >= 11 is 0. The van der Waals surface area contributed by atoms with E-state index in [1.54, 1.807) is 7.11 Å². The zero-order valence-corrected chi connectivity index (χ0v) is 11.8. The summed E-state index contributed by atoms with van der Waals surface area (Å²) in [6.45, 7) is 1.57. The Kier molecular flexibility index (Phi) is 3.53. The third-order valence-electron chi connectivity index (χ3n) is 4.29. The molecule has 5 heteroatoms. The summed E-state index contributed by atoms with van der Waals surface area (Å²) < 4.78 is 11.2. The highest BCUT2D eigenvalue weighted by molar-refractivity contribution is 6.00. The van der Waals surface area contributed by atoms with Crippen LogP contribution < -0.4 is 15.4 Å². The first-order valence-electron chi connectivity index (χ1n) is 7.11. The van der Waals surface area contributed by atoms with E-state index >= 15 is 0 Å². The van der Waals surface area contributed by atoms with Crippen LogP contribution in [-0.4, -0.2) is 38.2 Å². The van der Waals surface area contributed by atoms with Gasteiger partial charge in [-0.3, -0.25) is 5.41 Å². The van der Waals surface area contributed by atoms with Crippen molar-refractivity contribution in [2.45, 2.75) is 31.4 Å². The van der Waals surface area contributed by atoms with E-state index in [1.165, 1.54) is 6.42 Å². The third kappa shape index (κ3) is 2.22. The number of amidine groups is 1. The number of fused-ring (bicyclic) bond motifs is 1. The molecule has 1 heterocycles. The van der Waals surface area contributed by atoms with Gasteiger partial charge >= 0.3 is 0 Å². The fraction of sp³-hybridized carbons (Fsp3) is 0.533. The highest BCUT2D eigenvalue weighted by atomic mass is 16.5. The summed E-state index contributed by atoms with van der Waals surface area (Å²) in [6, 6.07) is 6.11. The third-order valence-corrected chi connectivity index (χ3v) is 4.29. The average Bonchev–Trinajstić information content (AvgIpc) is 2.94. The lowest BCUT2D eigenvalue weighted by molar-refractivity contribution is 0.0256. The molecule has 2 fully saturated rings. The number of ether oxygens (including phenoxy) is 2. The molecule has 1 saturated carbocycles. The van der Waals surface area contributed by atoms with Crippen LogP contribution in [0.1, 0.15) is 24.8 Å². The van der Waals surface area contributed by atoms with Crippen molar-refractivity contribution in [2.24, 2.45) is 5.73 Å². The van der Waals surface area contributed by atoms with Gasteiger partial charge in [0.1, 0.15) is 11.6 Å². The fourth-order valence-electron chi connectivity index (χ4n) is 3.33. The second-order valence-corrected chi connectivity index (χ2v) is 5.40. The second-order valence-electron chi connectivity index (χ2n) is 5.40. The van der Waals surface area contributed by atoms with Crippen LogP contribution >= 0.6 is 0 Å². The maximum Gasteiger partial charge on any atom is 0.124 e. The number of nitrogens with one attached hydrogen (secondary N) is 1. The Hall–Kier alpha value is -1.75. The lowest BCUT2D eigenvalue weighted by Gasteiger charge is -2.40. The fourth-order valence-corrected chi connectivity index (χ4v) is 3.33. The van der Waals surface area contributed by atoms with Crippen molar-refractivity contribution in [3.8, 4) is 5.75 Å². The standard InChI is InChI=1S/C15H21N3O2/c1-19-10-5-6-11(15(16)17)13(9-10)18-7-8-20-14-4-2-3-12(14)18/h5-6,9,12,14H,2-4,7-8H2,1H3,(H3,16,17). The number of hydrogen-bond acceptors (Lipinski definition) is 4. The summed E-state index contributed by atoms with van der Waals surface area (Å²) in [5.41, 5.74) is 7.51. The number of benzene rings is 1. The Morgan fingerprint density at radius 2 is 2.30 bits per heavy atom. The molecular weight excluding hydrogens is 254 g/mol. The zero-order chi connectivity index (χ0) is 14.1. The van der Waals surface area contributed by atoms with Crippen LogP contribution in [0.15, 0.2) is 18.2 Å². The van der Waals surface area contributed by atoms with Crippen molar-refractivity contribution >= 4 is 11.5 Å². The molecule has 5 nitrogen and oxygen atoms in total. The van der Waals surface area contributed by atoms with Crippen LogP contribution in [0.2, 0.25) is 0 Å². The summed E-state index contributed by atoms with van der Waals surface area (Å²) in [6.07, 6.45) is 3.78. The molecule has 1 aliphatic carbocycles. The van der Waals surface area contributed by atoms with E-state index in [9.17, 15) is 0 Å². The molecular formula is C15H21N3O2. The van der Waals surface area contributed by atoms with E-state index in [1.807, 2.05) is 18.2 Å². The molecule has 3 rings (SSSR count). The maximum absolute atomic E-state index is 7.79. The van der Waals surface area contributed by atoms with E-state index in [-0.39, 0.29) is 5.84 Å². The number of nitrogens with zero attached hydrogens (tertiary/aromatic N) is 1. The molecule has 0 bridgehead atoms. The number of morpholine rings is 1. The molecule has 2 aliphatic rings. The van der Waals surface area contributed by atoms with Crippen molar-refractivity contribution in [1.29, 1.82) is 5.41 Å². The van der Waals surface area contributed by atoms with E-state index in [0.717, 1.165) is 43.0 Å². The summed E-state index contributed by atoms with van der Waals surface area (Å²) in [7, 11) is 1.66. The highest BCUT2D eigenvalue weighted by Gasteiger charge is 2.37. The largest absolute Gasteiger partial charge is 0.497 e. The van der Waals surface area contributed by atoms with Crippen LogP contribution in [-0.2, 0) is 4.74 Å². The molecule has 0 amide bonds. The van der Waals surface area contributed by atoms with Crippen molar-refractivity contribution in [1.82, 2.24) is 0 Å². The Labute approximate surface area is 119 Å². The van der Waals surface area contributed by atoms with Crippen molar-refractivity contribution in [3.05, 3.63) is 23.8 Å². The first kappa shape index (κ1) is 13.2. The van der Waals surface area contributed by atoms with Crippen LogP contribution in [0.3, 0.4) is 0 Å². The van der Waals surface area contributed by atoms with Gasteiger partial charge in [0.2, 0.25) is 0 Å². The Morgan fingerprint density at radius 1 is 1.45 bits per heavy atom. The number of rotatable bonds is 3. The molecule has 3 N–H and O–H groups in total. The summed E-state index contributed by atoms with van der Waals surface area (Å²) in [4.78, 5) is 2.35. The maximum atomic E-state index is 7.79. The number of hydrogen-bond donors (Lipinski definition) is 2. The van der Waals surface area contributed by atoms with Crippen LogP contribution in [0.25, 0.3) is 0 Å². The van der Waals surface area contributed by atoms with Crippen molar-refractivity contribution in [2.75, 3.05) is 25.2 Å². The van der Waals surface area contributed by atoms with E-state index in [2.05, 4.69) is 4.90 Å². The van der Waals surface area contributed by atoms with Gasteiger partial charge in [-0.2, -0.15) is 0 Å². The van der Waals surface area contributed by atoms with Gasteiger partial charge in [0.05, 0.1) is 31.5 Å². The Balaban J connectivity index is 2.00.